The van der Waals surface area contributed by atoms with Crippen LogP contribution in [0, 0.1) is 0 Å². The van der Waals surface area contributed by atoms with Crippen molar-refractivity contribution in [2.24, 2.45) is 5.73 Å². The predicted octanol–water partition coefficient (Wildman–Crippen LogP) is 2.54. The molecule has 0 saturated heterocycles. The number of ether oxygens (including phenoxy) is 1. The van der Waals surface area contributed by atoms with Crippen molar-refractivity contribution in [2.75, 3.05) is 0 Å². The number of hydrogen-bond acceptors (Lipinski definition) is 3. The maximum atomic E-state index is 11.5. The Labute approximate surface area is 102 Å². The quantitative estimate of drug-likeness (QED) is 0.816. The van der Waals surface area contributed by atoms with Crippen LogP contribution in [0.2, 0.25) is 0 Å². The number of nitrogens with two attached hydrogens (primary N) is 1. The molecule has 2 N–H and O–H groups in total. The summed E-state index contributed by atoms with van der Waals surface area (Å²) < 4.78 is 5.92. The normalized spacial score (nSPS) is 24.4. The highest BCUT2D eigenvalue weighted by Gasteiger charge is 2.21. The van der Waals surface area contributed by atoms with Crippen LogP contribution in [0.25, 0.3) is 0 Å². The zero-order chi connectivity index (χ0) is 12.3. The Bertz CT molecular complexity index is 395. The third kappa shape index (κ3) is 3.07. The molecule has 0 aliphatic heterocycles. The smallest absolute Gasteiger partial charge is 0.163 e. The number of hydrogen-bond donors (Lipinski definition) is 1. The molecule has 0 unspecified atom stereocenters. The third-order valence-corrected chi connectivity index (χ3v) is 3.28. The summed E-state index contributed by atoms with van der Waals surface area (Å²) in [6, 6.07) is 7.76. The van der Waals surface area contributed by atoms with Crippen molar-refractivity contribution in [1.82, 2.24) is 0 Å². The summed E-state index contributed by atoms with van der Waals surface area (Å²) in [5.74, 6) is 0.758. The number of carbonyl (C=O) groups excluding carboxylic acids is 1. The van der Waals surface area contributed by atoms with Crippen molar-refractivity contribution in [1.29, 1.82) is 0 Å². The number of ketones is 1. The van der Waals surface area contributed by atoms with Crippen LogP contribution in [0.3, 0.4) is 0 Å². The van der Waals surface area contributed by atoms with Gasteiger partial charge in [0.2, 0.25) is 0 Å². The van der Waals surface area contributed by atoms with E-state index in [4.69, 9.17) is 10.5 Å². The van der Waals surface area contributed by atoms with Crippen molar-refractivity contribution in [3.8, 4) is 5.75 Å². The van der Waals surface area contributed by atoms with Crippen LogP contribution in [0.4, 0.5) is 0 Å². The number of benzene rings is 1. The molecule has 2 rings (SSSR count). The summed E-state index contributed by atoms with van der Waals surface area (Å²) >= 11 is 0. The summed E-state index contributed by atoms with van der Waals surface area (Å²) in [6.07, 6.45) is 4.18. The molecule has 1 saturated carbocycles. The Morgan fingerprint density at radius 3 is 2.53 bits per heavy atom. The predicted molar refractivity (Wildman–Crippen MR) is 67.3 cm³/mol. The van der Waals surface area contributed by atoms with Crippen LogP contribution < -0.4 is 10.5 Å². The fourth-order valence-electron chi connectivity index (χ4n) is 2.25. The van der Waals surface area contributed by atoms with Gasteiger partial charge in [-0.3, -0.25) is 4.79 Å². The summed E-state index contributed by atoms with van der Waals surface area (Å²) in [5, 5.41) is 0. The van der Waals surface area contributed by atoms with Gasteiger partial charge in [-0.25, -0.2) is 0 Å². The lowest BCUT2D eigenvalue weighted by molar-refractivity contribution is 0.0999. The molecule has 0 bridgehead atoms. The minimum Gasteiger partial charge on any atom is -0.490 e. The first-order valence-electron chi connectivity index (χ1n) is 6.19. The van der Waals surface area contributed by atoms with Crippen LogP contribution in [0.15, 0.2) is 24.3 Å². The molecule has 1 aromatic carbocycles. The molecule has 1 aliphatic carbocycles. The van der Waals surface area contributed by atoms with Gasteiger partial charge in [-0.1, -0.05) is 12.1 Å². The molecular weight excluding hydrogens is 214 g/mol. The Balaban J connectivity index is 2.05. The fourth-order valence-corrected chi connectivity index (χ4v) is 2.25. The van der Waals surface area contributed by atoms with E-state index in [1.807, 2.05) is 24.3 Å². The summed E-state index contributed by atoms with van der Waals surface area (Å²) in [7, 11) is 0. The molecule has 0 amide bonds. The van der Waals surface area contributed by atoms with Crippen molar-refractivity contribution in [3.05, 3.63) is 29.8 Å². The molecule has 3 heteroatoms. The first-order chi connectivity index (χ1) is 8.16. The van der Waals surface area contributed by atoms with Crippen molar-refractivity contribution >= 4 is 5.78 Å². The molecule has 1 fully saturated rings. The van der Waals surface area contributed by atoms with Gasteiger partial charge in [0.25, 0.3) is 0 Å². The first-order valence-corrected chi connectivity index (χ1v) is 6.19. The lowest BCUT2D eigenvalue weighted by Crippen LogP contribution is -2.31. The second-order valence-electron chi connectivity index (χ2n) is 4.71. The lowest BCUT2D eigenvalue weighted by atomic mass is 9.93. The largest absolute Gasteiger partial charge is 0.490 e. The second-order valence-corrected chi connectivity index (χ2v) is 4.71. The molecule has 0 aromatic heterocycles. The van der Waals surface area contributed by atoms with Gasteiger partial charge < -0.3 is 10.5 Å². The van der Waals surface area contributed by atoms with E-state index in [1.54, 1.807) is 6.92 Å². The Hall–Kier alpha value is -1.35. The van der Waals surface area contributed by atoms with E-state index in [0.717, 1.165) is 25.7 Å². The van der Waals surface area contributed by atoms with E-state index < -0.39 is 0 Å². The molecule has 0 heterocycles. The maximum Gasteiger partial charge on any atom is 0.163 e. The second kappa shape index (κ2) is 5.32. The molecule has 1 aromatic rings. The van der Waals surface area contributed by atoms with Gasteiger partial charge in [0.05, 0.1) is 11.7 Å². The summed E-state index contributed by atoms with van der Waals surface area (Å²) in [4.78, 5) is 11.5. The van der Waals surface area contributed by atoms with Gasteiger partial charge in [-0.2, -0.15) is 0 Å². The average Bonchev–Trinajstić information content (AvgIpc) is 2.32. The van der Waals surface area contributed by atoms with Crippen LogP contribution >= 0.6 is 0 Å². The van der Waals surface area contributed by atoms with E-state index in [9.17, 15) is 4.79 Å². The lowest BCUT2D eigenvalue weighted by Gasteiger charge is -2.27. The molecule has 0 spiro atoms. The highest BCUT2D eigenvalue weighted by atomic mass is 16.5. The molecule has 0 atom stereocenters. The zero-order valence-corrected chi connectivity index (χ0v) is 10.2. The van der Waals surface area contributed by atoms with Gasteiger partial charge in [-0.05, 0) is 44.7 Å². The van der Waals surface area contributed by atoms with Gasteiger partial charge in [-0.15, -0.1) is 0 Å². The zero-order valence-electron chi connectivity index (χ0n) is 10.2. The SMILES string of the molecule is CC(=O)c1ccccc1OC1CCC(N)CC1. The van der Waals surface area contributed by atoms with Crippen molar-refractivity contribution in [2.45, 2.75) is 44.8 Å². The maximum absolute atomic E-state index is 11.5. The standard InChI is InChI=1S/C14H19NO2/c1-10(16)13-4-2-3-5-14(13)17-12-8-6-11(15)7-9-12/h2-5,11-12H,6-9,15H2,1H3. The average molecular weight is 233 g/mol. The Kier molecular flexibility index (Phi) is 3.79. The first kappa shape index (κ1) is 12.1. The van der Waals surface area contributed by atoms with Crippen LogP contribution in [0.1, 0.15) is 43.0 Å². The van der Waals surface area contributed by atoms with Crippen LogP contribution in [-0.4, -0.2) is 17.9 Å². The topological polar surface area (TPSA) is 52.3 Å². The van der Waals surface area contributed by atoms with Gasteiger partial charge in [0.1, 0.15) is 5.75 Å². The van der Waals surface area contributed by atoms with E-state index in [2.05, 4.69) is 0 Å². The van der Waals surface area contributed by atoms with Crippen molar-refractivity contribution in [3.63, 3.8) is 0 Å². The highest BCUT2D eigenvalue weighted by Crippen LogP contribution is 2.25. The molecule has 1 aliphatic rings. The van der Waals surface area contributed by atoms with Gasteiger partial charge >= 0.3 is 0 Å². The number of carbonyl (C=O) groups is 1. The molecule has 3 nitrogen and oxygen atoms in total. The number of Topliss-reactive ketones (excluding diaryl/α,β-unsaturated/α-hetero) is 1. The molecule has 0 radical (unpaired) electrons. The van der Waals surface area contributed by atoms with Crippen LogP contribution in [-0.2, 0) is 0 Å². The summed E-state index contributed by atoms with van der Waals surface area (Å²) in [5.41, 5.74) is 6.53. The van der Waals surface area contributed by atoms with E-state index in [1.165, 1.54) is 0 Å². The highest BCUT2D eigenvalue weighted by molar-refractivity contribution is 5.96. The van der Waals surface area contributed by atoms with E-state index >= 15 is 0 Å². The van der Waals surface area contributed by atoms with Gasteiger partial charge in [0.15, 0.2) is 5.78 Å². The molecule has 17 heavy (non-hydrogen) atoms. The monoisotopic (exact) mass is 233 g/mol. The summed E-state index contributed by atoms with van der Waals surface area (Å²) in [6.45, 7) is 1.57. The molecular formula is C14H19NO2. The minimum absolute atomic E-state index is 0.0492. The van der Waals surface area contributed by atoms with Gasteiger partial charge in [0, 0.05) is 6.04 Å². The van der Waals surface area contributed by atoms with E-state index in [0.29, 0.717) is 17.4 Å². The third-order valence-electron chi connectivity index (χ3n) is 3.28. The molecule has 92 valence electrons. The Morgan fingerprint density at radius 2 is 1.88 bits per heavy atom. The van der Waals surface area contributed by atoms with Crippen molar-refractivity contribution < 1.29 is 9.53 Å². The minimum atomic E-state index is 0.0492. The van der Waals surface area contributed by atoms with E-state index in [-0.39, 0.29) is 11.9 Å². The number of rotatable bonds is 3. The Morgan fingerprint density at radius 1 is 1.24 bits per heavy atom. The fraction of sp³-hybridized carbons (Fsp3) is 0.500. The number of para-hydroxylation sites is 1. The van der Waals surface area contributed by atoms with Crippen LogP contribution in [0.5, 0.6) is 5.75 Å².